The van der Waals surface area contributed by atoms with Gasteiger partial charge in [-0.2, -0.15) is 0 Å². The Hall–Kier alpha value is -2.58. The molecule has 1 amide bonds. The second kappa shape index (κ2) is 6.73. The standard InChI is InChI=1S/C16H17N3O2/c1-11-9-15(19-21-11)16(20)18-12(2)14-7-3-5-13(10-14)6-4-8-17/h3,5,7,9-10,12H,8,17H2,1-2H3,(H,18,20). The number of hydrogen-bond acceptors (Lipinski definition) is 4. The molecule has 1 aromatic heterocycles. The van der Waals surface area contributed by atoms with Gasteiger partial charge in [0.2, 0.25) is 0 Å². The fourth-order valence-electron chi connectivity index (χ4n) is 1.87. The molecule has 0 saturated carbocycles. The highest BCUT2D eigenvalue weighted by Gasteiger charge is 2.14. The molecule has 0 aliphatic carbocycles. The Bertz CT molecular complexity index is 695. The first-order valence-electron chi connectivity index (χ1n) is 6.63. The van der Waals surface area contributed by atoms with Gasteiger partial charge in [-0.05, 0) is 31.5 Å². The van der Waals surface area contributed by atoms with E-state index in [-0.39, 0.29) is 17.6 Å². The van der Waals surface area contributed by atoms with Gasteiger partial charge in [-0.15, -0.1) is 0 Å². The van der Waals surface area contributed by atoms with Gasteiger partial charge in [0.1, 0.15) is 5.76 Å². The average Bonchev–Trinajstić information content (AvgIpc) is 2.92. The van der Waals surface area contributed by atoms with Crippen LogP contribution in [0.1, 0.15) is 40.3 Å². The van der Waals surface area contributed by atoms with E-state index < -0.39 is 0 Å². The van der Waals surface area contributed by atoms with Gasteiger partial charge < -0.3 is 15.6 Å². The SMILES string of the molecule is Cc1cc(C(=O)NC(C)c2cccc(C#CCN)c2)no1. The van der Waals surface area contributed by atoms with Crippen LogP contribution in [0.25, 0.3) is 0 Å². The number of nitrogens with two attached hydrogens (primary N) is 1. The van der Waals surface area contributed by atoms with Crippen molar-refractivity contribution in [3.8, 4) is 11.8 Å². The minimum atomic E-state index is -0.266. The van der Waals surface area contributed by atoms with Crippen molar-refractivity contribution in [1.29, 1.82) is 0 Å². The Kier molecular flexibility index (Phi) is 4.75. The van der Waals surface area contributed by atoms with E-state index in [2.05, 4.69) is 22.3 Å². The molecule has 3 N–H and O–H groups in total. The van der Waals surface area contributed by atoms with Crippen LogP contribution >= 0.6 is 0 Å². The molecule has 1 unspecified atom stereocenters. The largest absolute Gasteiger partial charge is 0.361 e. The van der Waals surface area contributed by atoms with E-state index in [9.17, 15) is 4.79 Å². The van der Waals surface area contributed by atoms with E-state index in [1.165, 1.54) is 0 Å². The van der Waals surface area contributed by atoms with Gasteiger partial charge in [-0.25, -0.2) is 0 Å². The van der Waals surface area contributed by atoms with Crippen molar-refractivity contribution in [1.82, 2.24) is 10.5 Å². The monoisotopic (exact) mass is 283 g/mol. The van der Waals surface area contributed by atoms with E-state index in [0.717, 1.165) is 11.1 Å². The fraction of sp³-hybridized carbons (Fsp3) is 0.250. The van der Waals surface area contributed by atoms with E-state index in [4.69, 9.17) is 10.3 Å². The molecule has 1 aromatic carbocycles. The molecule has 1 atom stereocenters. The van der Waals surface area contributed by atoms with Gasteiger partial charge in [0.05, 0.1) is 12.6 Å². The summed E-state index contributed by atoms with van der Waals surface area (Å²) in [6.45, 7) is 3.97. The fourth-order valence-corrected chi connectivity index (χ4v) is 1.87. The Labute approximate surface area is 123 Å². The van der Waals surface area contributed by atoms with Crippen LogP contribution in [0.15, 0.2) is 34.9 Å². The highest BCUT2D eigenvalue weighted by Crippen LogP contribution is 2.14. The van der Waals surface area contributed by atoms with Crippen molar-refractivity contribution in [2.45, 2.75) is 19.9 Å². The van der Waals surface area contributed by atoms with Crippen molar-refractivity contribution in [2.75, 3.05) is 6.54 Å². The quantitative estimate of drug-likeness (QED) is 0.841. The first-order valence-corrected chi connectivity index (χ1v) is 6.63. The summed E-state index contributed by atoms with van der Waals surface area (Å²) >= 11 is 0. The molecule has 5 heteroatoms. The molecule has 2 rings (SSSR count). The topological polar surface area (TPSA) is 81.2 Å². The number of carbonyl (C=O) groups is 1. The summed E-state index contributed by atoms with van der Waals surface area (Å²) in [6.07, 6.45) is 0. The average molecular weight is 283 g/mol. The van der Waals surface area contributed by atoms with Crippen LogP contribution in [0.2, 0.25) is 0 Å². The van der Waals surface area contributed by atoms with E-state index >= 15 is 0 Å². The highest BCUT2D eigenvalue weighted by molar-refractivity contribution is 5.92. The van der Waals surface area contributed by atoms with Crippen LogP contribution in [0.3, 0.4) is 0 Å². The van der Waals surface area contributed by atoms with Gasteiger partial charge in [-0.1, -0.05) is 29.1 Å². The maximum atomic E-state index is 12.0. The van der Waals surface area contributed by atoms with Crippen molar-refractivity contribution in [3.05, 3.63) is 52.9 Å². The van der Waals surface area contributed by atoms with Gasteiger partial charge >= 0.3 is 0 Å². The van der Waals surface area contributed by atoms with E-state index in [1.807, 2.05) is 31.2 Å². The van der Waals surface area contributed by atoms with Crippen LogP contribution in [-0.4, -0.2) is 17.6 Å². The molecule has 0 fully saturated rings. The molecular weight excluding hydrogens is 266 g/mol. The zero-order valence-corrected chi connectivity index (χ0v) is 12.0. The van der Waals surface area contributed by atoms with E-state index in [1.54, 1.807) is 13.0 Å². The van der Waals surface area contributed by atoms with Gasteiger partial charge in [0.25, 0.3) is 5.91 Å². The first-order chi connectivity index (χ1) is 10.1. The third-order valence-corrected chi connectivity index (χ3v) is 2.93. The maximum Gasteiger partial charge on any atom is 0.273 e. The Morgan fingerprint density at radius 3 is 2.95 bits per heavy atom. The summed E-state index contributed by atoms with van der Waals surface area (Å²) in [5.74, 6) is 6.12. The second-order valence-corrected chi connectivity index (χ2v) is 4.65. The Balaban J connectivity index is 2.09. The summed E-state index contributed by atoms with van der Waals surface area (Å²) in [7, 11) is 0. The lowest BCUT2D eigenvalue weighted by atomic mass is 10.1. The van der Waals surface area contributed by atoms with Crippen LogP contribution in [0.4, 0.5) is 0 Å². The summed E-state index contributed by atoms with van der Waals surface area (Å²) in [5.41, 5.74) is 7.47. The molecule has 108 valence electrons. The predicted octanol–water partition coefficient (Wildman–Crippen LogP) is 1.78. The Morgan fingerprint density at radius 1 is 1.48 bits per heavy atom. The number of aromatic nitrogens is 1. The number of nitrogens with zero attached hydrogens (tertiary/aromatic N) is 1. The van der Waals surface area contributed by atoms with Crippen molar-refractivity contribution < 1.29 is 9.32 Å². The van der Waals surface area contributed by atoms with Crippen molar-refractivity contribution >= 4 is 5.91 Å². The summed E-state index contributed by atoms with van der Waals surface area (Å²) in [6, 6.07) is 9.12. The lowest BCUT2D eigenvalue weighted by molar-refractivity contribution is 0.0930. The molecule has 0 spiro atoms. The van der Waals surface area contributed by atoms with Crippen molar-refractivity contribution in [2.24, 2.45) is 5.73 Å². The number of carbonyl (C=O) groups excluding carboxylic acids is 1. The van der Waals surface area contributed by atoms with Crippen LogP contribution < -0.4 is 11.1 Å². The van der Waals surface area contributed by atoms with Gasteiger partial charge in [0, 0.05) is 11.6 Å². The Morgan fingerprint density at radius 2 is 2.29 bits per heavy atom. The lowest BCUT2D eigenvalue weighted by Crippen LogP contribution is -2.26. The molecule has 0 aliphatic heterocycles. The molecular formula is C16H17N3O2. The number of amides is 1. The van der Waals surface area contributed by atoms with E-state index in [0.29, 0.717) is 12.3 Å². The molecule has 1 heterocycles. The minimum Gasteiger partial charge on any atom is -0.361 e. The van der Waals surface area contributed by atoms with Crippen LogP contribution in [0.5, 0.6) is 0 Å². The number of aryl methyl sites for hydroxylation is 1. The number of nitrogens with one attached hydrogen (secondary N) is 1. The number of rotatable bonds is 3. The smallest absolute Gasteiger partial charge is 0.273 e. The van der Waals surface area contributed by atoms with Gasteiger partial charge in [-0.3, -0.25) is 4.79 Å². The molecule has 0 saturated heterocycles. The zero-order chi connectivity index (χ0) is 15.2. The normalized spacial score (nSPS) is 11.4. The molecule has 5 nitrogen and oxygen atoms in total. The zero-order valence-electron chi connectivity index (χ0n) is 12.0. The molecule has 0 aliphatic rings. The molecule has 0 radical (unpaired) electrons. The van der Waals surface area contributed by atoms with Crippen molar-refractivity contribution in [3.63, 3.8) is 0 Å². The number of benzene rings is 1. The maximum absolute atomic E-state index is 12.0. The number of hydrogen-bond donors (Lipinski definition) is 2. The minimum absolute atomic E-state index is 0.158. The summed E-state index contributed by atoms with van der Waals surface area (Å²) < 4.78 is 4.90. The van der Waals surface area contributed by atoms with Gasteiger partial charge in [0.15, 0.2) is 5.69 Å². The lowest BCUT2D eigenvalue weighted by Gasteiger charge is -2.13. The molecule has 21 heavy (non-hydrogen) atoms. The van der Waals surface area contributed by atoms with Crippen LogP contribution in [-0.2, 0) is 0 Å². The highest BCUT2D eigenvalue weighted by atomic mass is 16.5. The predicted molar refractivity (Wildman–Crippen MR) is 79.5 cm³/mol. The third-order valence-electron chi connectivity index (χ3n) is 2.93. The molecule has 2 aromatic rings. The van der Waals surface area contributed by atoms with Crippen LogP contribution in [0, 0.1) is 18.8 Å². The third kappa shape index (κ3) is 3.94. The molecule has 0 bridgehead atoms. The second-order valence-electron chi connectivity index (χ2n) is 4.65. The first kappa shape index (κ1) is 14.8. The summed E-state index contributed by atoms with van der Waals surface area (Å²) in [4.78, 5) is 12.0. The summed E-state index contributed by atoms with van der Waals surface area (Å²) in [5, 5.41) is 6.57.